The molecule has 0 fully saturated rings. The minimum absolute atomic E-state index is 0.0814. The fourth-order valence-electron chi connectivity index (χ4n) is 1.62. The van der Waals surface area contributed by atoms with E-state index in [1.165, 1.54) is 0 Å². The van der Waals surface area contributed by atoms with Crippen molar-refractivity contribution in [2.45, 2.75) is 20.3 Å². The summed E-state index contributed by atoms with van der Waals surface area (Å²) in [5.41, 5.74) is 7.30. The van der Waals surface area contributed by atoms with E-state index in [-0.39, 0.29) is 6.03 Å². The van der Waals surface area contributed by atoms with E-state index in [1.54, 1.807) is 4.90 Å². The molecule has 0 aromatic heterocycles. The van der Waals surface area contributed by atoms with Crippen molar-refractivity contribution in [2.75, 3.05) is 18.4 Å². The highest BCUT2D eigenvalue weighted by molar-refractivity contribution is 7.80. The van der Waals surface area contributed by atoms with E-state index in [4.69, 9.17) is 18.0 Å². The van der Waals surface area contributed by atoms with Gasteiger partial charge in [0.1, 0.15) is 0 Å². The van der Waals surface area contributed by atoms with Crippen molar-refractivity contribution < 1.29 is 4.79 Å². The van der Waals surface area contributed by atoms with Gasteiger partial charge in [0.15, 0.2) is 0 Å². The van der Waals surface area contributed by atoms with Crippen LogP contribution in [0.15, 0.2) is 24.3 Å². The van der Waals surface area contributed by atoms with E-state index in [0.29, 0.717) is 24.5 Å². The van der Waals surface area contributed by atoms with E-state index in [2.05, 4.69) is 5.32 Å². The lowest BCUT2D eigenvalue weighted by molar-refractivity contribution is 0.217. The molecule has 0 aliphatic heterocycles. The van der Waals surface area contributed by atoms with Gasteiger partial charge in [0.05, 0.1) is 4.99 Å². The van der Waals surface area contributed by atoms with Gasteiger partial charge < -0.3 is 16.0 Å². The number of nitrogens with two attached hydrogens (primary N) is 1. The Bertz CT molecular complexity index is 413. The normalized spacial score (nSPS) is 9.89. The topological polar surface area (TPSA) is 58.4 Å². The van der Waals surface area contributed by atoms with Crippen LogP contribution >= 0.6 is 12.2 Å². The second kappa shape index (κ2) is 6.96. The van der Waals surface area contributed by atoms with Crippen LogP contribution in [-0.4, -0.2) is 29.0 Å². The fraction of sp³-hybridized carbons (Fsp3) is 0.385. The zero-order valence-electron chi connectivity index (χ0n) is 10.8. The SMILES string of the molecule is CCN(CC)C(=O)Nc1ccc(CC(N)=S)cc1. The van der Waals surface area contributed by atoms with Crippen molar-refractivity contribution in [1.82, 2.24) is 4.90 Å². The smallest absolute Gasteiger partial charge is 0.321 e. The first-order valence-electron chi connectivity index (χ1n) is 6.00. The number of hydrogen-bond acceptors (Lipinski definition) is 2. The molecule has 3 N–H and O–H groups in total. The summed E-state index contributed by atoms with van der Waals surface area (Å²) >= 11 is 4.85. The van der Waals surface area contributed by atoms with Crippen LogP contribution in [0.2, 0.25) is 0 Å². The predicted octanol–water partition coefficient (Wildman–Crippen LogP) is 2.39. The molecule has 4 nitrogen and oxygen atoms in total. The van der Waals surface area contributed by atoms with Gasteiger partial charge in [0.25, 0.3) is 0 Å². The van der Waals surface area contributed by atoms with E-state index in [0.717, 1.165) is 11.3 Å². The molecular formula is C13H19N3OS. The Morgan fingerprint density at radius 2 is 1.83 bits per heavy atom. The highest BCUT2D eigenvalue weighted by atomic mass is 32.1. The molecular weight excluding hydrogens is 246 g/mol. The zero-order valence-corrected chi connectivity index (χ0v) is 11.6. The van der Waals surface area contributed by atoms with E-state index in [1.807, 2.05) is 38.1 Å². The summed E-state index contributed by atoms with van der Waals surface area (Å²) in [6.07, 6.45) is 0.583. The molecule has 1 aromatic carbocycles. The number of thiocarbonyl (C=S) groups is 1. The van der Waals surface area contributed by atoms with Crippen LogP contribution in [0.4, 0.5) is 10.5 Å². The van der Waals surface area contributed by atoms with Crippen molar-refractivity contribution in [1.29, 1.82) is 0 Å². The molecule has 0 unspecified atom stereocenters. The number of urea groups is 1. The Hall–Kier alpha value is -1.62. The third-order valence-corrected chi connectivity index (χ3v) is 2.78. The maximum Gasteiger partial charge on any atom is 0.321 e. The van der Waals surface area contributed by atoms with Gasteiger partial charge in [-0.2, -0.15) is 0 Å². The number of carbonyl (C=O) groups excluding carboxylic acids is 1. The van der Waals surface area contributed by atoms with Crippen LogP contribution in [-0.2, 0) is 6.42 Å². The Balaban J connectivity index is 2.63. The van der Waals surface area contributed by atoms with Crippen molar-refractivity contribution in [3.63, 3.8) is 0 Å². The van der Waals surface area contributed by atoms with Gasteiger partial charge in [-0.15, -0.1) is 0 Å². The van der Waals surface area contributed by atoms with Crippen LogP contribution in [0.1, 0.15) is 19.4 Å². The number of carbonyl (C=O) groups is 1. The molecule has 5 heteroatoms. The number of rotatable bonds is 5. The van der Waals surface area contributed by atoms with Crippen LogP contribution in [0.3, 0.4) is 0 Å². The predicted molar refractivity (Wildman–Crippen MR) is 78.9 cm³/mol. The molecule has 98 valence electrons. The number of anilines is 1. The Labute approximate surface area is 113 Å². The first-order valence-corrected chi connectivity index (χ1v) is 6.40. The lowest BCUT2D eigenvalue weighted by Crippen LogP contribution is -2.34. The molecule has 0 radical (unpaired) electrons. The van der Waals surface area contributed by atoms with Crippen molar-refractivity contribution in [2.24, 2.45) is 5.73 Å². The summed E-state index contributed by atoms with van der Waals surface area (Å²) in [5, 5.41) is 2.85. The van der Waals surface area contributed by atoms with Crippen molar-refractivity contribution >= 4 is 28.9 Å². The quantitative estimate of drug-likeness (QED) is 0.804. The standard InChI is InChI=1S/C13H19N3OS/c1-3-16(4-2)13(17)15-11-7-5-10(6-8-11)9-12(14)18/h5-8H,3-4,9H2,1-2H3,(H2,14,18)(H,15,17). The lowest BCUT2D eigenvalue weighted by atomic mass is 10.1. The average Bonchev–Trinajstić information content (AvgIpc) is 2.32. The Morgan fingerprint density at radius 1 is 1.28 bits per heavy atom. The number of benzene rings is 1. The van der Waals surface area contributed by atoms with Gasteiger partial charge in [0, 0.05) is 25.2 Å². The van der Waals surface area contributed by atoms with Crippen LogP contribution in [0, 0.1) is 0 Å². The largest absolute Gasteiger partial charge is 0.393 e. The molecule has 0 spiro atoms. The summed E-state index contributed by atoms with van der Waals surface area (Å²) in [5.74, 6) is 0. The molecule has 0 bridgehead atoms. The molecule has 0 saturated carbocycles. The molecule has 2 amide bonds. The van der Waals surface area contributed by atoms with Gasteiger partial charge in [-0.1, -0.05) is 24.4 Å². The Kier molecular flexibility index (Phi) is 5.58. The summed E-state index contributed by atoms with van der Waals surface area (Å²) in [4.78, 5) is 14.0. The fourth-order valence-corrected chi connectivity index (χ4v) is 1.79. The number of hydrogen-bond donors (Lipinski definition) is 2. The maximum atomic E-state index is 11.8. The Morgan fingerprint density at radius 3 is 2.28 bits per heavy atom. The lowest BCUT2D eigenvalue weighted by Gasteiger charge is -2.19. The number of amides is 2. The molecule has 0 atom stereocenters. The average molecular weight is 265 g/mol. The number of nitrogens with one attached hydrogen (secondary N) is 1. The van der Waals surface area contributed by atoms with E-state index < -0.39 is 0 Å². The third kappa shape index (κ3) is 4.33. The number of nitrogens with zero attached hydrogens (tertiary/aromatic N) is 1. The van der Waals surface area contributed by atoms with Crippen LogP contribution in [0.25, 0.3) is 0 Å². The van der Waals surface area contributed by atoms with Crippen molar-refractivity contribution in [3.8, 4) is 0 Å². The van der Waals surface area contributed by atoms with Gasteiger partial charge in [-0.05, 0) is 31.5 Å². The highest BCUT2D eigenvalue weighted by Gasteiger charge is 2.08. The monoisotopic (exact) mass is 265 g/mol. The van der Waals surface area contributed by atoms with E-state index >= 15 is 0 Å². The molecule has 18 heavy (non-hydrogen) atoms. The molecule has 1 aromatic rings. The summed E-state index contributed by atoms with van der Waals surface area (Å²) in [7, 11) is 0. The molecule has 0 aliphatic rings. The van der Waals surface area contributed by atoms with Crippen LogP contribution < -0.4 is 11.1 Å². The first-order chi connectivity index (χ1) is 8.56. The minimum atomic E-state index is -0.0814. The summed E-state index contributed by atoms with van der Waals surface area (Å²) < 4.78 is 0. The van der Waals surface area contributed by atoms with Crippen LogP contribution in [0.5, 0.6) is 0 Å². The maximum absolute atomic E-state index is 11.8. The summed E-state index contributed by atoms with van der Waals surface area (Å²) in [6.45, 7) is 5.30. The second-order valence-electron chi connectivity index (χ2n) is 3.94. The zero-order chi connectivity index (χ0) is 13.5. The molecule has 0 heterocycles. The minimum Gasteiger partial charge on any atom is -0.393 e. The highest BCUT2D eigenvalue weighted by Crippen LogP contribution is 2.11. The van der Waals surface area contributed by atoms with Gasteiger partial charge in [-0.3, -0.25) is 0 Å². The third-order valence-electron chi connectivity index (χ3n) is 2.63. The second-order valence-corrected chi connectivity index (χ2v) is 4.47. The first kappa shape index (κ1) is 14.4. The molecule has 0 aliphatic carbocycles. The molecule has 0 saturated heterocycles. The van der Waals surface area contributed by atoms with E-state index in [9.17, 15) is 4.79 Å². The van der Waals surface area contributed by atoms with Gasteiger partial charge >= 0.3 is 6.03 Å². The van der Waals surface area contributed by atoms with Crippen molar-refractivity contribution in [3.05, 3.63) is 29.8 Å². The molecule has 1 rings (SSSR count). The van der Waals surface area contributed by atoms with Gasteiger partial charge in [-0.25, -0.2) is 4.79 Å². The summed E-state index contributed by atoms with van der Waals surface area (Å²) in [6, 6.07) is 7.46. The van der Waals surface area contributed by atoms with Gasteiger partial charge in [0.2, 0.25) is 0 Å².